The third-order valence-corrected chi connectivity index (χ3v) is 2.36. The lowest BCUT2D eigenvalue weighted by atomic mass is 10.0. The van der Waals surface area contributed by atoms with Crippen molar-refractivity contribution in [2.45, 2.75) is 26.7 Å². The van der Waals surface area contributed by atoms with E-state index in [2.05, 4.69) is 0 Å². The highest BCUT2D eigenvalue weighted by atomic mass is 15.6. The molecule has 0 fully saturated rings. The molecule has 1 rings (SSSR count). The van der Waals surface area contributed by atoms with Crippen molar-refractivity contribution in [1.29, 1.82) is 0 Å². The summed E-state index contributed by atoms with van der Waals surface area (Å²) in [5.41, 5.74) is 0.194. The van der Waals surface area contributed by atoms with Gasteiger partial charge >= 0.3 is 0 Å². The summed E-state index contributed by atoms with van der Waals surface area (Å²) in [6.07, 6.45) is 0. The third-order valence-electron chi connectivity index (χ3n) is 2.36. The summed E-state index contributed by atoms with van der Waals surface area (Å²) < 4.78 is 31.9. The lowest BCUT2D eigenvalue weighted by Crippen LogP contribution is -2.31. The second-order valence-electron chi connectivity index (χ2n) is 2.80. The van der Waals surface area contributed by atoms with E-state index in [0.29, 0.717) is 0 Å². The Hall–Kier alpha value is -0.530. The van der Waals surface area contributed by atoms with Crippen molar-refractivity contribution in [3.05, 3.63) is 0 Å². The summed E-state index contributed by atoms with van der Waals surface area (Å²) in [6, 6.07) is -0.122. The van der Waals surface area contributed by atoms with Crippen LogP contribution in [0.2, 0.25) is 0 Å². The number of rotatable bonds is 0. The van der Waals surface area contributed by atoms with Gasteiger partial charge in [0.15, 0.2) is 12.8 Å². The summed E-state index contributed by atoms with van der Waals surface area (Å²) in [6.45, 7) is 1.33. The quantitative estimate of drug-likeness (QED) is 0.460. The molecule has 10 heavy (non-hydrogen) atoms. The fourth-order valence-electron chi connectivity index (χ4n) is 1.15. The van der Waals surface area contributed by atoms with E-state index < -0.39 is 12.7 Å². The maximum absolute atomic E-state index is 8.09. The molecule has 58 valence electrons. The smallest absolute Gasteiger partial charge is 0.184 e. The van der Waals surface area contributed by atoms with E-state index in [1.165, 1.54) is 0 Å². The molecule has 0 radical (unpaired) electrons. The van der Waals surface area contributed by atoms with E-state index in [1.807, 2.05) is 6.92 Å². The van der Waals surface area contributed by atoms with Gasteiger partial charge in [0.1, 0.15) is 0 Å². The van der Waals surface area contributed by atoms with Gasteiger partial charge in [-0.15, -0.1) is 4.68 Å². The van der Waals surface area contributed by atoms with E-state index in [0.717, 1.165) is 0 Å². The van der Waals surface area contributed by atoms with Crippen molar-refractivity contribution < 1.29 is 10.2 Å². The van der Waals surface area contributed by atoms with Gasteiger partial charge in [-0.2, -0.15) is 5.01 Å². The van der Waals surface area contributed by atoms with Gasteiger partial charge in [0.2, 0.25) is 0 Å². The first-order valence-corrected chi connectivity index (χ1v) is 3.44. The molecule has 0 aromatic carbocycles. The van der Waals surface area contributed by atoms with Gasteiger partial charge in [0.05, 0.1) is 19.0 Å². The molecular weight excluding hydrogens is 124 g/mol. The van der Waals surface area contributed by atoms with Crippen LogP contribution in [0.15, 0.2) is 0 Å². The fraction of sp³-hybridized carbons (Fsp3) is 0.875. The van der Waals surface area contributed by atoms with Crippen LogP contribution >= 0.6 is 0 Å². The summed E-state index contributed by atoms with van der Waals surface area (Å²) in [4.78, 5) is 0. The maximum atomic E-state index is 8.09. The molecule has 0 N–H and O–H groups in total. The zero-order chi connectivity index (χ0) is 11.3. The lowest BCUT2D eigenvalue weighted by Gasteiger charge is -2.13. The molecule has 2 heteroatoms. The number of nitrogens with zero attached hydrogens (tertiary/aromatic N) is 2. The van der Waals surface area contributed by atoms with Crippen LogP contribution in [0, 0.1) is 5.89 Å². The van der Waals surface area contributed by atoms with Crippen LogP contribution in [0.1, 0.15) is 26.2 Å². The molecule has 1 heterocycles. The minimum Gasteiger partial charge on any atom is -0.186 e. The molecular formula is C8H17N2+. The molecule has 1 aliphatic rings. The van der Waals surface area contributed by atoms with Gasteiger partial charge in [-0.3, -0.25) is 0 Å². The van der Waals surface area contributed by atoms with E-state index in [1.54, 1.807) is 30.7 Å². The zero-order valence-corrected chi connectivity index (χ0v) is 6.97. The topological polar surface area (TPSA) is 6.25 Å². The Kier molecular flexibility index (Phi) is 0.845. The Morgan fingerprint density at radius 2 is 2.30 bits per heavy atom. The maximum Gasteiger partial charge on any atom is 0.184 e. The molecule has 2 atom stereocenters. The minimum atomic E-state index is -2.19. The second kappa shape index (κ2) is 2.26. The van der Waals surface area contributed by atoms with Gasteiger partial charge in [-0.1, -0.05) is 6.92 Å². The first-order chi connectivity index (χ1) is 6.10. The van der Waals surface area contributed by atoms with Crippen molar-refractivity contribution in [2.24, 2.45) is 5.89 Å². The van der Waals surface area contributed by atoms with Crippen molar-refractivity contribution in [3.8, 4) is 0 Å². The normalized spacial score (nSPS) is 48.4. The van der Waals surface area contributed by atoms with Crippen molar-refractivity contribution >= 4 is 5.71 Å². The molecule has 1 aliphatic heterocycles. The molecule has 0 aromatic rings. The number of hydrogen-bond donors (Lipinski definition) is 0. The Balaban J connectivity index is 3.26. The van der Waals surface area contributed by atoms with E-state index >= 15 is 0 Å². The lowest BCUT2D eigenvalue weighted by molar-refractivity contribution is -0.658. The van der Waals surface area contributed by atoms with Crippen molar-refractivity contribution in [1.82, 2.24) is 5.01 Å². The van der Waals surface area contributed by atoms with Crippen LogP contribution < -0.4 is 0 Å². The number of hydrazone groups is 1. The summed E-state index contributed by atoms with van der Waals surface area (Å²) >= 11 is 0. The summed E-state index contributed by atoms with van der Waals surface area (Å²) in [5.74, 6) is -1.05. The molecule has 0 saturated carbocycles. The standard InChI is InChI=1S/C8H17N2/c1-6-7(2)9(4)10(5)8(6)3/h6-7H,1-5H3/q+1/t6-,7-/m1/s1/i3D3,6D. The molecule has 0 spiro atoms. The highest BCUT2D eigenvalue weighted by Gasteiger charge is 2.35. The molecule has 0 bridgehead atoms. The van der Waals surface area contributed by atoms with Crippen LogP contribution in [0.5, 0.6) is 0 Å². The largest absolute Gasteiger partial charge is 0.186 e. The average molecular weight is 145 g/mol. The van der Waals surface area contributed by atoms with Gasteiger partial charge in [-0.25, -0.2) is 0 Å². The van der Waals surface area contributed by atoms with E-state index in [9.17, 15) is 0 Å². The summed E-state index contributed by atoms with van der Waals surface area (Å²) in [5, 5.41) is 1.79. The summed E-state index contributed by atoms with van der Waals surface area (Å²) in [7, 11) is 3.49. The molecule has 2 nitrogen and oxygen atoms in total. The van der Waals surface area contributed by atoms with Gasteiger partial charge < -0.3 is 0 Å². The molecule has 0 unspecified atom stereocenters. The van der Waals surface area contributed by atoms with Crippen LogP contribution in [-0.2, 0) is 0 Å². The predicted molar refractivity (Wildman–Crippen MR) is 43.3 cm³/mol. The Morgan fingerprint density at radius 3 is 2.50 bits per heavy atom. The van der Waals surface area contributed by atoms with Crippen molar-refractivity contribution in [2.75, 3.05) is 14.1 Å². The van der Waals surface area contributed by atoms with Crippen molar-refractivity contribution in [3.63, 3.8) is 0 Å². The third kappa shape index (κ3) is 0.825. The van der Waals surface area contributed by atoms with E-state index in [4.69, 9.17) is 5.48 Å². The van der Waals surface area contributed by atoms with E-state index in [-0.39, 0.29) is 11.8 Å². The van der Waals surface area contributed by atoms with Crippen LogP contribution in [0.4, 0.5) is 0 Å². The van der Waals surface area contributed by atoms with Gasteiger partial charge in [0, 0.05) is 12.3 Å². The SMILES string of the molecule is [2H]C([2H])([2H])C1=[N+](C)N(C)[C@H](C)[C@@]1([2H])C. The predicted octanol–water partition coefficient (Wildman–Crippen LogP) is 0.975. The molecule has 0 aromatic heterocycles. The highest BCUT2D eigenvalue weighted by molar-refractivity contribution is 5.80. The van der Waals surface area contributed by atoms with Crippen LogP contribution in [0.25, 0.3) is 0 Å². The minimum absolute atomic E-state index is 0.122. The highest BCUT2D eigenvalue weighted by Crippen LogP contribution is 2.17. The number of hydrogen-bond acceptors (Lipinski definition) is 1. The first kappa shape index (κ1) is 3.74. The van der Waals surface area contributed by atoms with Crippen LogP contribution in [0.3, 0.4) is 0 Å². The fourth-order valence-corrected chi connectivity index (χ4v) is 1.15. The molecule has 0 amide bonds. The Bertz CT molecular complexity index is 280. The average Bonchev–Trinajstić information content (AvgIpc) is 2.10. The number of hydrazine groups is 1. The molecule has 0 saturated heterocycles. The zero-order valence-electron chi connectivity index (χ0n) is 11.0. The van der Waals surface area contributed by atoms with Gasteiger partial charge in [0.25, 0.3) is 0 Å². The Morgan fingerprint density at radius 1 is 1.70 bits per heavy atom. The molecule has 0 aliphatic carbocycles. The van der Waals surface area contributed by atoms with Gasteiger partial charge in [-0.05, 0) is 6.92 Å². The Labute approximate surface area is 68.7 Å². The van der Waals surface area contributed by atoms with Crippen LogP contribution in [-0.4, -0.2) is 35.5 Å². The monoisotopic (exact) mass is 145 g/mol. The second-order valence-corrected chi connectivity index (χ2v) is 2.80. The first-order valence-electron chi connectivity index (χ1n) is 5.44.